The van der Waals surface area contributed by atoms with Crippen LogP contribution in [-0.2, 0) is 24.3 Å². The van der Waals surface area contributed by atoms with Gasteiger partial charge in [0, 0.05) is 24.0 Å². The van der Waals surface area contributed by atoms with E-state index in [4.69, 9.17) is 9.72 Å². The summed E-state index contributed by atoms with van der Waals surface area (Å²) in [6.45, 7) is 6.52. The second-order valence-electron chi connectivity index (χ2n) is 6.84. The van der Waals surface area contributed by atoms with Crippen LogP contribution in [0.25, 0.3) is 10.9 Å². The molecule has 1 aromatic heterocycles. The van der Waals surface area contributed by atoms with E-state index >= 15 is 0 Å². The molecule has 0 radical (unpaired) electrons. The van der Waals surface area contributed by atoms with Crippen LogP contribution >= 0.6 is 0 Å². The van der Waals surface area contributed by atoms with Gasteiger partial charge in [-0.3, -0.25) is 4.98 Å². The van der Waals surface area contributed by atoms with Crippen LogP contribution in [0.5, 0.6) is 0 Å². The molecule has 5 heteroatoms. The monoisotopic (exact) mass is 314 g/mol. The summed E-state index contributed by atoms with van der Waals surface area (Å²) >= 11 is 0. The summed E-state index contributed by atoms with van der Waals surface area (Å²) in [5.74, 6) is 0. The van der Waals surface area contributed by atoms with E-state index in [1.54, 1.807) is 4.90 Å². The van der Waals surface area contributed by atoms with Gasteiger partial charge in [0.2, 0.25) is 0 Å². The Balaban J connectivity index is 1.96. The van der Waals surface area contributed by atoms with E-state index in [2.05, 4.69) is 0 Å². The number of aliphatic hydroxyl groups excluding tert-OH is 1. The normalized spacial score (nSPS) is 14.7. The van der Waals surface area contributed by atoms with Gasteiger partial charge in [-0.15, -0.1) is 0 Å². The third kappa shape index (κ3) is 3.15. The highest BCUT2D eigenvalue weighted by molar-refractivity contribution is 5.84. The Labute approximate surface area is 135 Å². The molecule has 1 aliphatic heterocycles. The Hall–Kier alpha value is -2.14. The zero-order valence-electron chi connectivity index (χ0n) is 13.8. The number of amides is 1. The number of para-hydroxylation sites is 1. The van der Waals surface area contributed by atoms with Gasteiger partial charge in [-0.05, 0) is 38.0 Å². The lowest BCUT2D eigenvalue weighted by molar-refractivity contribution is 0.0221. The molecule has 1 aliphatic rings. The van der Waals surface area contributed by atoms with Crippen molar-refractivity contribution in [2.75, 3.05) is 6.54 Å². The van der Waals surface area contributed by atoms with E-state index in [0.29, 0.717) is 19.5 Å². The van der Waals surface area contributed by atoms with Crippen molar-refractivity contribution in [2.45, 2.75) is 45.9 Å². The highest BCUT2D eigenvalue weighted by Gasteiger charge is 2.28. The number of carbonyl (C=O) groups excluding carboxylic acids is 1. The van der Waals surface area contributed by atoms with Gasteiger partial charge in [0.1, 0.15) is 5.60 Å². The molecular formula is C18H22N2O3. The number of benzene rings is 1. The first-order valence-electron chi connectivity index (χ1n) is 7.87. The van der Waals surface area contributed by atoms with Gasteiger partial charge >= 0.3 is 6.09 Å². The number of nitrogens with zero attached hydrogens (tertiary/aromatic N) is 2. The van der Waals surface area contributed by atoms with Crippen LogP contribution in [0.15, 0.2) is 24.3 Å². The Morgan fingerprint density at radius 1 is 1.35 bits per heavy atom. The minimum absolute atomic E-state index is 0.0620. The van der Waals surface area contributed by atoms with Gasteiger partial charge in [-0.25, -0.2) is 4.79 Å². The molecule has 2 aromatic rings. The van der Waals surface area contributed by atoms with Crippen molar-refractivity contribution in [1.29, 1.82) is 0 Å². The van der Waals surface area contributed by atoms with Crippen molar-refractivity contribution >= 4 is 17.0 Å². The zero-order valence-corrected chi connectivity index (χ0v) is 13.8. The summed E-state index contributed by atoms with van der Waals surface area (Å²) in [4.78, 5) is 18.7. The molecule has 3 rings (SSSR count). The molecular weight excluding hydrogens is 292 g/mol. The quantitative estimate of drug-likeness (QED) is 0.879. The smallest absolute Gasteiger partial charge is 0.410 e. The lowest BCUT2D eigenvalue weighted by Crippen LogP contribution is -2.40. The van der Waals surface area contributed by atoms with Gasteiger partial charge in [0.25, 0.3) is 0 Å². The summed E-state index contributed by atoms with van der Waals surface area (Å²) in [5.41, 5.74) is 3.15. The van der Waals surface area contributed by atoms with Crippen LogP contribution in [0.1, 0.15) is 37.6 Å². The average Bonchev–Trinajstić information content (AvgIpc) is 2.50. The SMILES string of the molecule is CC(C)(C)OC(=O)N1CCc2nc3ccccc3c(CO)c2C1. The molecule has 0 saturated carbocycles. The maximum atomic E-state index is 12.3. The Morgan fingerprint density at radius 2 is 2.09 bits per heavy atom. The van der Waals surface area contributed by atoms with E-state index in [1.165, 1.54) is 0 Å². The zero-order chi connectivity index (χ0) is 16.6. The predicted molar refractivity (Wildman–Crippen MR) is 88.0 cm³/mol. The van der Waals surface area contributed by atoms with Crippen LogP contribution in [0.2, 0.25) is 0 Å². The molecule has 0 aliphatic carbocycles. The van der Waals surface area contributed by atoms with Gasteiger partial charge in [-0.1, -0.05) is 18.2 Å². The fraction of sp³-hybridized carbons (Fsp3) is 0.444. The Kier molecular flexibility index (Phi) is 3.98. The highest BCUT2D eigenvalue weighted by Crippen LogP contribution is 2.28. The number of ether oxygens (including phenoxy) is 1. The van der Waals surface area contributed by atoms with E-state index in [9.17, 15) is 9.90 Å². The van der Waals surface area contributed by atoms with Crippen LogP contribution in [0.3, 0.4) is 0 Å². The molecule has 0 unspecified atom stereocenters. The summed E-state index contributed by atoms with van der Waals surface area (Å²) in [7, 11) is 0. The van der Waals surface area contributed by atoms with Crippen molar-refractivity contribution in [2.24, 2.45) is 0 Å². The van der Waals surface area contributed by atoms with Crippen LogP contribution < -0.4 is 0 Å². The maximum absolute atomic E-state index is 12.3. The summed E-state index contributed by atoms with van der Waals surface area (Å²) in [6.07, 6.45) is 0.354. The number of hydrogen-bond donors (Lipinski definition) is 1. The van der Waals surface area contributed by atoms with Crippen molar-refractivity contribution in [3.8, 4) is 0 Å². The second kappa shape index (κ2) is 5.81. The molecule has 0 saturated heterocycles. The first-order chi connectivity index (χ1) is 10.9. The van der Waals surface area contributed by atoms with Crippen LogP contribution in [0, 0.1) is 0 Å². The highest BCUT2D eigenvalue weighted by atomic mass is 16.6. The molecule has 0 bridgehead atoms. The molecule has 23 heavy (non-hydrogen) atoms. The first kappa shape index (κ1) is 15.7. The second-order valence-corrected chi connectivity index (χ2v) is 6.84. The number of aliphatic hydroxyl groups is 1. The molecule has 5 nitrogen and oxygen atoms in total. The van der Waals surface area contributed by atoms with Crippen LogP contribution in [-0.4, -0.2) is 33.2 Å². The first-order valence-corrected chi connectivity index (χ1v) is 7.87. The third-order valence-corrected chi connectivity index (χ3v) is 3.97. The fourth-order valence-electron chi connectivity index (χ4n) is 2.94. The van der Waals surface area contributed by atoms with Gasteiger partial charge < -0.3 is 14.7 Å². The number of aromatic nitrogens is 1. The molecule has 0 fully saturated rings. The predicted octanol–water partition coefficient (Wildman–Crippen LogP) is 3.02. The molecule has 122 valence electrons. The molecule has 1 N–H and O–H groups in total. The van der Waals surface area contributed by atoms with Gasteiger partial charge in [-0.2, -0.15) is 0 Å². The van der Waals surface area contributed by atoms with E-state index in [1.807, 2.05) is 45.0 Å². The molecule has 0 spiro atoms. The number of hydrogen-bond acceptors (Lipinski definition) is 4. The Morgan fingerprint density at radius 3 is 2.78 bits per heavy atom. The minimum atomic E-state index is -0.515. The van der Waals surface area contributed by atoms with Crippen LogP contribution in [0.4, 0.5) is 4.79 Å². The third-order valence-electron chi connectivity index (χ3n) is 3.97. The lowest BCUT2D eigenvalue weighted by atomic mass is 9.96. The standard InChI is InChI=1S/C18H22N2O3/c1-18(2,3)23-17(22)20-9-8-16-13(10-20)14(11-21)12-6-4-5-7-15(12)19-16/h4-7,21H,8-11H2,1-3H3. The van der Waals surface area contributed by atoms with Crippen molar-refractivity contribution in [3.05, 3.63) is 41.1 Å². The summed E-state index contributed by atoms with van der Waals surface area (Å²) in [5, 5.41) is 10.8. The summed E-state index contributed by atoms with van der Waals surface area (Å²) < 4.78 is 5.46. The van der Waals surface area contributed by atoms with Crippen molar-refractivity contribution < 1.29 is 14.6 Å². The van der Waals surface area contributed by atoms with E-state index in [0.717, 1.165) is 27.7 Å². The summed E-state index contributed by atoms with van der Waals surface area (Å²) in [6, 6.07) is 7.79. The van der Waals surface area contributed by atoms with E-state index in [-0.39, 0.29) is 12.7 Å². The van der Waals surface area contributed by atoms with Crippen molar-refractivity contribution in [1.82, 2.24) is 9.88 Å². The average molecular weight is 314 g/mol. The van der Waals surface area contributed by atoms with Gasteiger partial charge in [0.15, 0.2) is 0 Å². The molecule has 2 heterocycles. The lowest BCUT2D eigenvalue weighted by Gasteiger charge is -2.32. The number of carbonyl (C=O) groups is 1. The molecule has 1 aromatic carbocycles. The minimum Gasteiger partial charge on any atom is -0.444 e. The largest absolute Gasteiger partial charge is 0.444 e. The number of rotatable bonds is 1. The molecule has 1 amide bonds. The number of fused-ring (bicyclic) bond motifs is 2. The van der Waals surface area contributed by atoms with E-state index < -0.39 is 5.60 Å². The number of pyridine rings is 1. The molecule has 0 atom stereocenters. The maximum Gasteiger partial charge on any atom is 0.410 e. The van der Waals surface area contributed by atoms with Crippen molar-refractivity contribution in [3.63, 3.8) is 0 Å². The fourth-order valence-corrected chi connectivity index (χ4v) is 2.94. The van der Waals surface area contributed by atoms with Gasteiger partial charge in [0.05, 0.1) is 18.7 Å². The topological polar surface area (TPSA) is 62.7 Å². The Bertz CT molecular complexity index is 750.